The summed E-state index contributed by atoms with van der Waals surface area (Å²) < 4.78 is 11.0. The van der Waals surface area contributed by atoms with Gasteiger partial charge in [0, 0.05) is 18.2 Å². The van der Waals surface area contributed by atoms with E-state index in [9.17, 15) is 19.2 Å². The maximum absolute atomic E-state index is 13.2. The molecule has 0 saturated carbocycles. The van der Waals surface area contributed by atoms with E-state index >= 15 is 0 Å². The highest BCUT2D eigenvalue weighted by molar-refractivity contribution is 5.97. The molecule has 0 aliphatic heterocycles. The van der Waals surface area contributed by atoms with Crippen LogP contribution in [0.5, 0.6) is 0 Å². The second-order valence-corrected chi connectivity index (χ2v) is 11.0. The minimum Gasteiger partial charge on any atom is -0.456 e. The van der Waals surface area contributed by atoms with Crippen molar-refractivity contribution < 1.29 is 28.7 Å². The van der Waals surface area contributed by atoms with E-state index in [1.54, 1.807) is 45.0 Å². The van der Waals surface area contributed by atoms with E-state index in [1.807, 2.05) is 36.4 Å². The molecular weight excluding hydrogens is 536 g/mol. The zero-order valence-electron chi connectivity index (χ0n) is 23.9. The van der Waals surface area contributed by atoms with Crippen LogP contribution in [0.2, 0.25) is 0 Å². The molecule has 10 heteroatoms. The van der Waals surface area contributed by atoms with Crippen LogP contribution in [0, 0.1) is 0 Å². The third kappa shape index (κ3) is 7.87. The molecule has 3 aromatic rings. The lowest BCUT2D eigenvalue weighted by Crippen LogP contribution is -2.44. The Kier molecular flexibility index (Phi) is 9.46. The summed E-state index contributed by atoms with van der Waals surface area (Å²) in [4.78, 5) is 49.4. The molecule has 0 aromatic heterocycles. The summed E-state index contributed by atoms with van der Waals surface area (Å²) in [5.41, 5.74) is 9.65. The Labute approximate surface area is 245 Å². The van der Waals surface area contributed by atoms with Crippen LogP contribution in [0.1, 0.15) is 61.0 Å². The average molecular weight is 573 g/mol. The number of benzene rings is 3. The smallest absolute Gasteiger partial charge is 0.407 e. The van der Waals surface area contributed by atoms with Crippen LogP contribution in [0.25, 0.3) is 11.1 Å². The Morgan fingerprint density at radius 1 is 0.881 bits per heavy atom. The highest BCUT2D eigenvalue weighted by Crippen LogP contribution is 2.44. The Hall–Kier alpha value is -4.86. The Morgan fingerprint density at radius 2 is 1.48 bits per heavy atom. The SMILES string of the molecule is CC(C)(C)OC(=O)c1ccc(NC(=O)[C@H](CCCNC(N)=O)NC(=O)OCC2c3ccccc3-c3ccccc32)cc1. The molecule has 1 aliphatic rings. The largest absolute Gasteiger partial charge is 0.456 e. The number of rotatable bonds is 10. The zero-order chi connectivity index (χ0) is 30.3. The first kappa shape index (κ1) is 30.1. The lowest BCUT2D eigenvalue weighted by atomic mass is 9.98. The predicted molar refractivity (Wildman–Crippen MR) is 159 cm³/mol. The zero-order valence-corrected chi connectivity index (χ0v) is 23.9. The second kappa shape index (κ2) is 13.2. The highest BCUT2D eigenvalue weighted by Gasteiger charge is 2.30. The van der Waals surface area contributed by atoms with E-state index < -0.39 is 35.6 Å². The summed E-state index contributed by atoms with van der Waals surface area (Å²) in [7, 11) is 0. The molecule has 0 radical (unpaired) electrons. The molecule has 0 bridgehead atoms. The van der Waals surface area contributed by atoms with Gasteiger partial charge < -0.3 is 31.2 Å². The summed E-state index contributed by atoms with van der Waals surface area (Å²) in [5.74, 6) is -1.08. The van der Waals surface area contributed by atoms with Gasteiger partial charge in [-0.15, -0.1) is 0 Å². The van der Waals surface area contributed by atoms with Gasteiger partial charge in [0.2, 0.25) is 5.91 Å². The number of hydrogen-bond donors (Lipinski definition) is 4. The molecule has 0 unspecified atom stereocenters. The van der Waals surface area contributed by atoms with Gasteiger partial charge in [0.15, 0.2) is 0 Å². The Morgan fingerprint density at radius 3 is 2.05 bits per heavy atom. The van der Waals surface area contributed by atoms with E-state index in [0.717, 1.165) is 22.3 Å². The van der Waals surface area contributed by atoms with Crippen LogP contribution < -0.4 is 21.7 Å². The molecule has 4 amide bonds. The van der Waals surface area contributed by atoms with E-state index in [2.05, 4.69) is 28.1 Å². The van der Waals surface area contributed by atoms with Gasteiger partial charge in [-0.05, 0) is 80.1 Å². The number of ether oxygens (including phenoxy) is 2. The Bertz CT molecular complexity index is 1400. The number of carbonyl (C=O) groups is 4. The Balaban J connectivity index is 1.39. The van der Waals surface area contributed by atoms with Gasteiger partial charge in [0.05, 0.1) is 5.56 Å². The van der Waals surface area contributed by atoms with Crippen molar-refractivity contribution in [1.82, 2.24) is 10.6 Å². The first-order valence-corrected chi connectivity index (χ1v) is 13.8. The number of hydrogen-bond acceptors (Lipinski definition) is 6. The lowest BCUT2D eigenvalue weighted by Gasteiger charge is -2.20. The molecule has 3 aromatic carbocycles. The van der Waals surface area contributed by atoms with Gasteiger partial charge in [-0.2, -0.15) is 0 Å². The molecule has 0 heterocycles. The van der Waals surface area contributed by atoms with Gasteiger partial charge in [-0.3, -0.25) is 4.79 Å². The van der Waals surface area contributed by atoms with Crippen LogP contribution in [0.4, 0.5) is 15.3 Å². The quantitative estimate of drug-likeness (QED) is 0.200. The molecule has 42 heavy (non-hydrogen) atoms. The van der Waals surface area contributed by atoms with Gasteiger partial charge in [-0.1, -0.05) is 48.5 Å². The number of alkyl carbamates (subject to hydrolysis) is 1. The van der Waals surface area contributed by atoms with E-state index in [1.165, 1.54) is 0 Å². The van der Waals surface area contributed by atoms with Gasteiger partial charge in [-0.25, -0.2) is 14.4 Å². The summed E-state index contributed by atoms with van der Waals surface area (Å²) in [6.45, 7) is 5.67. The van der Waals surface area contributed by atoms with E-state index in [4.69, 9.17) is 15.2 Å². The normalized spacial score (nSPS) is 12.8. The summed E-state index contributed by atoms with van der Waals surface area (Å²) >= 11 is 0. The van der Waals surface area contributed by atoms with Crippen LogP contribution in [0.15, 0.2) is 72.8 Å². The minimum absolute atomic E-state index is 0.101. The average Bonchev–Trinajstić information content (AvgIpc) is 3.26. The number of primary amides is 1. The number of amides is 4. The number of urea groups is 1. The maximum Gasteiger partial charge on any atom is 0.407 e. The number of nitrogens with one attached hydrogen (secondary N) is 3. The van der Waals surface area contributed by atoms with Crippen molar-refractivity contribution in [1.29, 1.82) is 0 Å². The number of carbonyl (C=O) groups excluding carboxylic acids is 4. The molecule has 4 rings (SSSR count). The van der Waals surface area contributed by atoms with E-state index in [0.29, 0.717) is 17.7 Å². The van der Waals surface area contributed by atoms with Gasteiger partial charge in [0.25, 0.3) is 0 Å². The second-order valence-electron chi connectivity index (χ2n) is 11.0. The third-order valence-corrected chi connectivity index (χ3v) is 6.71. The third-order valence-electron chi connectivity index (χ3n) is 6.71. The topological polar surface area (TPSA) is 149 Å². The fourth-order valence-electron chi connectivity index (χ4n) is 4.82. The predicted octanol–water partition coefficient (Wildman–Crippen LogP) is 4.94. The van der Waals surface area contributed by atoms with Crippen molar-refractivity contribution in [2.45, 2.75) is 51.2 Å². The standard InChI is InChI=1S/C32H36N4O6/c1-32(2,3)42-29(38)20-14-16-21(17-15-20)35-28(37)27(13-8-18-34-30(33)39)36-31(40)41-19-26-24-11-6-4-9-22(24)23-10-5-7-12-25(23)26/h4-7,9-12,14-17,26-27H,8,13,18-19H2,1-3H3,(H,35,37)(H,36,40)(H3,33,34,39)/t27-/m0/s1. The van der Waals surface area contributed by atoms with Crippen molar-refractivity contribution in [3.05, 3.63) is 89.5 Å². The maximum atomic E-state index is 13.2. The van der Waals surface area contributed by atoms with Crippen molar-refractivity contribution in [3.63, 3.8) is 0 Å². The van der Waals surface area contributed by atoms with Crippen LogP contribution in [-0.2, 0) is 14.3 Å². The monoisotopic (exact) mass is 572 g/mol. The lowest BCUT2D eigenvalue weighted by molar-refractivity contribution is -0.118. The molecule has 0 saturated heterocycles. The van der Waals surface area contributed by atoms with Crippen molar-refractivity contribution in [3.8, 4) is 11.1 Å². The van der Waals surface area contributed by atoms with Gasteiger partial charge in [0.1, 0.15) is 18.2 Å². The fourth-order valence-corrected chi connectivity index (χ4v) is 4.82. The molecule has 0 spiro atoms. The molecule has 0 fully saturated rings. The van der Waals surface area contributed by atoms with Crippen LogP contribution in [-0.4, -0.2) is 48.8 Å². The number of esters is 1. The first-order chi connectivity index (χ1) is 20.0. The first-order valence-electron chi connectivity index (χ1n) is 13.8. The van der Waals surface area contributed by atoms with Crippen LogP contribution in [0.3, 0.4) is 0 Å². The fraction of sp³-hybridized carbons (Fsp3) is 0.312. The molecule has 220 valence electrons. The molecular formula is C32H36N4O6. The van der Waals surface area contributed by atoms with Crippen molar-refractivity contribution >= 4 is 29.7 Å². The molecule has 5 N–H and O–H groups in total. The van der Waals surface area contributed by atoms with E-state index in [-0.39, 0.29) is 25.5 Å². The summed E-state index contributed by atoms with van der Waals surface area (Å²) in [6.07, 6.45) is -0.144. The number of nitrogens with two attached hydrogens (primary N) is 1. The summed E-state index contributed by atoms with van der Waals surface area (Å²) in [5, 5.41) is 7.90. The van der Waals surface area contributed by atoms with Crippen molar-refractivity contribution in [2.24, 2.45) is 5.73 Å². The molecule has 1 aliphatic carbocycles. The minimum atomic E-state index is -0.958. The number of anilines is 1. The summed E-state index contributed by atoms with van der Waals surface area (Å²) in [6, 6.07) is 20.6. The molecule has 1 atom stereocenters. The molecule has 10 nitrogen and oxygen atoms in total. The highest BCUT2D eigenvalue weighted by atomic mass is 16.6. The van der Waals surface area contributed by atoms with Crippen molar-refractivity contribution in [2.75, 3.05) is 18.5 Å². The number of fused-ring (bicyclic) bond motifs is 3. The van der Waals surface area contributed by atoms with Gasteiger partial charge >= 0.3 is 18.1 Å². The van der Waals surface area contributed by atoms with Crippen LogP contribution >= 0.6 is 0 Å².